The Kier molecular flexibility index (Phi) is 7.05. The van der Waals surface area contributed by atoms with E-state index in [0.29, 0.717) is 16.3 Å². The topological polar surface area (TPSA) is 69.5 Å². The van der Waals surface area contributed by atoms with Crippen molar-refractivity contribution in [3.05, 3.63) is 70.5 Å². The Bertz CT molecular complexity index is 1160. The van der Waals surface area contributed by atoms with E-state index in [-0.39, 0.29) is 23.9 Å². The minimum atomic E-state index is -0.470. The van der Waals surface area contributed by atoms with Crippen molar-refractivity contribution < 1.29 is 14.3 Å². The summed E-state index contributed by atoms with van der Waals surface area (Å²) in [4.78, 5) is 14.2. The number of benzene rings is 2. The number of hydrogen-bond acceptors (Lipinski definition) is 6. The maximum absolute atomic E-state index is 11.9. The van der Waals surface area contributed by atoms with Crippen LogP contribution in [-0.4, -0.2) is 47.0 Å². The first-order valence-corrected chi connectivity index (χ1v) is 11.6. The molecule has 3 aromatic rings. The molecule has 7 nitrogen and oxygen atoms in total. The lowest BCUT2D eigenvalue weighted by Crippen LogP contribution is -2.39. The van der Waals surface area contributed by atoms with E-state index in [0.717, 1.165) is 50.5 Å². The summed E-state index contributed by atoms with van der Waals surface area (Å²) >= 11 is 6.11. The number of aromatic nitrogens is 3. The van der Waals surface area contributed by atoms with Gasteiger partial charge in [-0.25, -0.2) is 4.79 Å². The molecule has 0 atom stereocenters. The van der Waals surface area contributed by atoms with Crippen LogP contribution in [0.2, 0.25) is 5.02 Å². The molecule has 1 saturated carbocycles. The number of piperidine rings is 1. The molecule has 0 bridgehead atoms. The molecule has 2 aliphatic rings. The highest BCUT2D eigenvalue weighted by Crippen LogP contribution is 2.53. The van der Waals surface area contributed by atoms with Crippen molar-refractivity contribution in [2.24, 2.45) is 7.05 Å². The third-order valence-corrected chi connectivity index (χ3v) is 7.06. The van der Waals surface area contributed by atoms with Crippen molar-refractivity contribution in [2.75, 3.05) is 25.1 Å². The molecule has 180 valence electrons. The van der Waals surface area contributed by atoms with E-state index < -0.39 is 5.97 Å². The van der Waals surface area contributed by atoms with Gasteiger partial charge in [0.15, 0.2) is 0 Å². The monoisotopic (exact) mass is 502 g/mol. The van der Waals surface area contributed by atoms with Gasteiger partial charge in [-0.3, -0.25) is 4.57 Å². The second-order valence-corrected chi connectivity index (χ2v) is 9.18. The van der Waals surface area contributed by atoms with Crippen LogP contribution in [0.15, 0.2) is 48.5 Å². The Morgan fingerprint density at radius 2 is 1.79 bits per heavy atom. The highest BCUT2D eigenvalue weighted by molar-refractivity contribution is 6.33. The molecule has 0 N–H and O–H groups in total. The molecule has 9 heteroatoms. The maximum Gasteiger partial charge on any atom is 0.339 e. The van der Waals surface area contributed by atoms with Gasteiger partial charge in [0.1, 0.15) is 17.7 Å². The first-order valence-electron chi connectivity index (χ1n) is 11.3. The van der Waals surface area contributed by atoms with Crippen LogP contribution in [0.3, 0.4) is 0 Å². The van der Waals surface area contributed by atoms with Gasteiger partial charge in [-0.05, 0) is 36.6 Å². The number of rotatable bonds is 6. The molecule has 1 saturated heterocycles. The van der Waals surface area contributed by atoms with E-state index in [1.165, 1.54) is 12.7 Å². The van der Waals surface area contributed by atoms with Gasteiger partial charge in [0.05, 0.1) is 23.1 Å². The lowest BCUT2D eigenvalue weighted by molar-refractivity contribution is 0.0600. The van der Waals surface area contributed by atoms with Crippen LogP contribution in [0, 0.1) is 0 Å². The van der Waals surface area contributed by atoms with Crippen molar-refractivity contribution in [1.29, 1.82) is 0 Å². The lowest BCUT2D eigenvalue weighted by Gasteiger charge is -2.32. The Labute approximate surface area is 210 Å². The molecule has 0 radical (unpaired) electrons. The standard InChI is InChI=1S/C25H27ClN4O3.ClH/c1-29-23(25(12-13-25)17-6-4-3-5-7-17)27-28-24(29)30-14-10-18(11-15-30)33-19-8-9-21(26)20(16-19)22(31)32-2;/h3-9,16,18H,10-15H2,1-2H3;1H. The van der Waals surface area contributed by atoms with Gasteiger partial charge in [-0.15, -0.1) is 22.6 Å². The largest absolute Gasteiger partial charge is 0.490 e. The molecule has 2 fully saturated rings. The van der Waals surface area contributed by atoms with Crippen LogP contribution in [-0.2, 0) is 17.2 Å². The smallest absolute Gasteiger partial charge is 0.339 e. The van der Waals surface area contributed by atoms with Gasteiger partial charge in [-0.1, -0.05) is 41.9 Å². The predicted octanol–water partition coefficient (Wildman–Crippen LogP) is 4.80. The quantitative estimate of drug-likeness (QED) is 0.450. The van der Waals surface area contributed by atoms with Crippen LogP contribution >= 0.6 is 24.0 Å². The Balaban J connectivity index is 0.00000274. The molecule has 0 unspecified atom stereocenters. The molecule has 34 heavy (non-hydrogen) atoms. The summed E-state index contributed by atoms with van der Waals surface area (Å²) in [5.41, 5.74) is 1.62. The minimum absolute atomic E-state index is 0. The summed E-state index contributed by atoms with van der Waals surface area (Å²) < 4.78 is 13.1. The molecule has 2 aromatic carbocycles. The maximum atomic E-state index is 11.9. The number of hydrogen-bond donors (Lipinski definition) is 0. The number of carbonyl (C=O) groups is 1. The highest BCUT2D eigenvalue weighted by atomic mass is 35.5. The fourth-order valence-electron chi connectivity index (χ4n) is 4.75. The number of esters is 1. The van der Waals surface area contributed by atoms with Gasteiger partial charge < -0.3 is 14.4 Å². The SMILES string of the molecule is COC(=O)c1cc(OC2CCN(c3nnc(C4(c5ccccc5)CC4)n3C)CC2)ccc1Cl.Cl. The van der Waals surface area contributed by atoms with Gasteiger partial charge in [-0.2, -0.15) is 0 Å². The molecule has 0 amide bonds. The van der Waals surface area contributed by atoms with Gasteiger partial charge in [0.2, 0.25) is 5.95 Å². The van der Waals surface area contributed by atoms with Gasteiger partial charge >= 0.3 is 5.97 Å². The van der Waals surface area contributed by atoms with E-state index in [1.807, 2.05) is 6.07 Å². The normalized spacial score (nSPS) is 17.1. The van der Waals surface area contributed by atoms with Crippen molar-refractivity contribution in [2.45, 2.75) is 37.2 Å². The summed E-state index contributed by atoms with van der Waals surface area (Å²) in [6.45, 7) is 1.65. The molecule has 1 aliphatic heterocycles. The van der Waals surface area contributed by atoms with E-state index in [1.54, 1.807) is 18.2 Å². The summed E-state index contributed by atoms with van der Waals surface area (Å²) in [5.74, 6) is 2.10. The number of carbonyl (C=O) groups excluding carboxylic acids is 1. The average molecular weight is 503 g/mol. The molecular weight excluding hydrogens is 475 g/mol. The zero-order valence-corrected chi connectivity index (χ0v) is 20.8. The third-order valence-electron chi connectivity index (χ3n) is 6.73. The number of anilines is 1. The van der Waals surface area contributed by atoms with Crippen molar-refractivity contribution in [3.63, 3.8) is 0 Å². The average Bonchev–Trinajstić information content (AvgIpc) is 3.57. The Hall–Kier alpha value is -2.77. The fourth-order valence-corrected chi connectivity index (χ4v) is 4.94. The van der Waals surface area contributed by atoms with Crippen LogP contribution in [0.1, 0.15) is 47.4 Å². The Morgan fingerprint density at radius 3 is 2.44 bits per heavy atom. The molecule has 1 aromatic heterocycles. The number of ether oxygens (including phenoxy) is 2. The van der Waals surface area contributed by atoms with Crippen LogP contribution in [0.4, 0.5) is 5.95 Å². The Morgan fingerprint density at radius 1 is 1.09 bits per heavy atom. The van der Waals surface area contributed by atoms with Crippen molar-refractivity contribution in [1.82, 2.24) is 14.8 Å². The van der Waals surface area contributed by atoms with Crippen molar-refractivity contribution in [3.8, 4) is 5.75 Å². The zero-order valence-electron chi connectivity index (χ0n) is 19.2. The minimum Gasteiger partial charge on any atom is -0.490 e. The summed E-state index contributed by atoms with van der Waals surface area (Å²) in [7, 11) is 3.41. The van der Waals surface area contributed by atoms with E-state index in [4.69, 9.17) is 21.1 Å². The zero-order chi connectivity index (χ0) is 23.0. The molecular formula is C25H28Cl2N4O3. The number of halogens is 2. The third kappa shape index (κ3) is 4.46. The first-order chi connectivity index (χ1) is 16.0. The summed E-state index contributed by atoms with van der Waals surface area (Å²) in [6.07, 6.45) is 3.96. The number of nitrogens with zero attached hydrogens (tertiary/aromatic N) is 4. The summed E-state index contributed by atoms with van der Waals surface area (Å²) in [5, 5.41) is 9.53. The molecule has 2 heterocycles. The van der Waals surface area contributed by atoms with E-state index in [2.05, 4.69) is 51.0 Å². The second-order valence-electron chi connectivity index (χ2n) is 8.77. The van der Waals surface area contributed by atoms with E-state index in [9.17, 15) is 4.79 Å². The van der Waals surface area contributed by atoms with Crippen LogP contribution in [0.25, 0.3) is 0 Å². The molecule has 5 rings (SSSR count). The molecule has 0 spiro atoms. The summed E-state index contributed by atoms with van der Waals surface area (Å²) in [6, 6.07) is 15.7. The van der Waals surface area contributed by atoms with Crippen molar-refractivity contribution >= 4 is 35.9 Å². The lowest BCUT2D eigenvalue weighted by atomic mass is 9.95. The highest BCUT2D eigenvalue weighted by Gasteiger charge is 2.50. The van der Waals surface area contributed by atoms with Crippen LogP contribution in [0.5, 0.6) is 5.75 Å². The number of methoxy groups -OCH3 is 1. The van der Waals surface area contributed by atoms with Gasteiger partial charge in [0.25, 0.3) is 0 Å². The second kappa shape index (κ2) is 9.84. The fraction of sp³-hybridized carbons (Fsp3) is 0.400. The van der Waals surface area contributed by atoms with E-state index >= 15 is 0 Å². The van der Waals surface area contributed by atoms with Gasteiger partial charge in [0, 0.05) is 33.0 Å². The molecule has 1 aliphatic carbocycles. The van der Waals surface area contributed by atoms with Crippen LogP contribution < -0.4 is 9.64 Å². The predicted molar refractivity (Wildman–Crippen MR) is 133 cm³/mol. The first kappa shape index (κ1) is 24.4.